The van der Waals surface area contributed by atoms with E-state index in [1.54, 1.807) is 7.11 Å². The van der Waals surface area contributed by atoms with E-state index in [1.807, 2.05) is 11.9 Å². The maximum atomic E-state index is 14.0. The number of halogens is 5. The summed E-state index contributed by atoms with van der Waals surface area (Å²) in [4.78, 5) is 15.0. The minimum atomic E-state index is -2.21. The van der Waals surface area contributed by atoms with Crippen LogP contribution >= 0.6 is 0 Å². The molecule has 5 nitrogen and oxygen atoms in total. The van der Waals surface area contributed by atoms with Gasteiger partial charge < -0.3 is 4.74 Å². The van der Waals surface area contributed by atoms with Crippen LogP contribution in [0.25, 0.3) is 0 Å². The van der Waals surface area contributed by atoms with E-state index in [2.05, 4.69) is 5.43 Å². The van der Waals surface area contributed by atoms with Crippen molar-refractivity contribution >= 4 is 5.91 Å². The highest BCUT2D eigenvalue weighted by Gasteiger charge is 2.54. The van der Waals surface area contributed by atoms with Gasteiger partial charge in [0.05, 0.1) is 24.3 Å². The zero-order chi connectivity index (χ0) is 21.0. The molecule has 3 fully saturated rings. The number of carbonyl (C=O) groups excluding carboxylic acids is 1. The number of likely N-dealkylation sites (N-methyl/N-ethyl adjacent to an activating group) is 1. The van der Waals surface area contributed by atoms with Crippen LogP contribution in [-0.2, 0) is 16.1 Å². The predicted octanol–water partition coefficient (Wildman–Crippen LogP) is 2.34. The number of likely N-dealkylation sites (tertiary alicyclic amines) is 1. The second-order valence-electron chi connectivity index (χ2n) is 8.01. The average Bonchev–Trinajstić information content (AvgIpc) is 3.01. The fraction of sp³-hybridized carbons (Fsp3) is 0.632. The molecule has 29 heavy (non-hydrogen) atoms. The first-order valence-corrected chi connectivity index (χ1v) is 9.56. The van der Waals surface area contributed by atoms with Crippen molar-refractivity contribution in [3.05, 3.63) is 34.6 Å². The van der Waals surface area contributed by atoms with E-state index in [9.17, 15) is 26.7 Å². The quantitative estimate of drug-likeness (QED) is 0.464. The highest BCUT2D eigenvalue weighted by Crippen LogP contribution is 2.45. The van der Waals surface area contributed by atoms with Gasteiger partial charge in [0, 0.05) is 25.6 Å². The Hall–Kier alpha value is -1.78. The van der Waals surface area contributed by atoms with Gasteiger partial charge >= 0.3 is 0 Å². The van der Waals surface area contributed by atoms with Crippen LogP contribution in [-0.4, -0.2) is 54.7 Å². The molecule has 1 N–H and O–H groups in total. The van der Waals surface area contributed by atoms with Crippen molar-refractivity contribution < 1.29 is 31.5 Å². The molecule has 5 atom stereocenters. The Morgan fingerprint density at radius 1 is 1.00 bits per heavy atom. The fourth-order valence-electron chi connectivity index (χ4n) is 5.23. The predicted molar refractivity (Wildman–Crippen MR) is 91.8 cm³/mol. The van der Waals surface area contributed by atoms with Crippen LogP contribution in [0.2, 0.25) is 0 Å². The number of hydrogen-bond donors (Lipinski definition) is 1. The van der Waals surface area contributed by atoms with E-state index >= 15 is 0 Å². The maximum absolute atomic E-state index is 14.0. The Morgan fingerprint density at radius 2 is 1.62 bits per heavy atom. The molecular weight excluding hydrogens is 397 g/mol. The SMILES string of the molecule is COC1CCC2C(C1)C1CNN(Cc3c(F)c(F)c(F)c(F)c3F)C(=O)C1N2C. The molecule has 0 spiro atoms. The van der Waals surface area contributed by atoms with E-state index in [4.69, 9.17) is 4.74 Å². The van der Waals surface area contributed by atoms with Crippen molar-refractivity contribution in [1.82, 2.24) is 15.3 Å². The number of nitrogens with zero attached hydrogens (tertiary/aromatic N) is 2. The van der Waals surface area contributed by atoms with Gasteiger partial charge in [-0.2, -0.15) is 0 Å². The van der Waals surface area contributed by atoms with Crippen molar-refractivity contribution in [2.24, 2.45) is 11.8 Å². The summed E-state index contributed by atoms with van der Waals surface area (Å²) >= 11 is 0. The summed E-state index contributed by atoms with van der Waals surface area (Å²) in [5, 5.41) is 0.959. The molecule has 1 saturated carbocycles. The number of ether oxygens (including phenoxy) is 1. The van der Waals surface area contributed by atoms with Crippen LogP contribution in [0.15, 0.2) is 0 Å². The summed E-state index contributed by atoms with van der Waals surface area (Å²) in [6.07, 6.45) is 2.71. The lowest BCUT2D eigenvalue weighted by Gasteiger charge is -2.38. The van der Waals surface area contributed by atoms with Crippen LogP contribution in [0.5, 0.6) is 0 Å². The lowest BCUT2D eigenvalue weighted by atomic mass is 9.76. The van der Waals surface area contributed by atoms with Gasteiger partial charge in [0.15, 0.2) is 23.3 Å². The summed E-state index contributed by atoms with van der Waals surface area (Å²) in [5.41, 5.74) is 1.80. The van der Waals surface area contributed by atoms with Gasteiger partial charge in [-0.05, 0) is 32.2 Å². The Bertz CT molecular complexity index is 810. The highest BCUT2D eigenvalue weighted by molar-refractivity contribution is 5.83. The molecule has 0 radical (unpaired) electrons. The van der Waals surface area contributed by atoms with Crippen LogP contribution in [0.1, 0.15) is 24.8 Å². The van der Waals surface area contributed by atoms with Crippen LogP contribution in [0.3, 0.4) is 0 Å². The van der Waals surface area contributed by atoms with E-state index in [0.717, 1.165) is 24.3 Å². The van der Waals surface area contributed by atoms with E-state index < -0.39 is 53.1 Å². The third kappa shape index (κ3) is 3.12. The molecule has 160 valence electrons. The summed E-state index contributed by atoms with van der Waals surface area (Å²) < 4.78 is 73.8. The van der Waals surface area contributed by atoms with Gasteiger partial charge in [0.25, 0.3) is 5.91 Å². The number of carbonyl (C=O) groups is 1. The second-order valence-corrected chi connectivity index (χ2v) is 8.01. The second kappa shape index (κ2) is 7.48. The van der Waals surface area contributed by atoms with Crippen LogP contribution < -0.4 is 5.43 Å². The molecule has 1 aliphatic carbocycles. The molecule has 2 aliphatic heterocycles. The molecule has 4 rings (SSSR count). The first-order valence-electron chi connectivity index (χ1n) is 9.56. The number of amides is 1. The number of hydrogen-bond acceptors (Lipinski definition) is 4. The van der Waals surface area contributed by atoms with Crippen molar-refractivity contribution in [2.45, 2.75) is 44.0 Å². The molecule has 0 bridgehead atoms. The van der Waals surface area contributed by atoms with Crippen molar-refractivity contribution in [1.29, 1.82) is 0 Å². The van der Waals surface area contributed by atoms with E-state index in [-0.39, 0.29) is 24.0 Å². The normalized spacial score (nSPS) is 32.4. The molecule has 1 aromatic rings. The maximum Gasteiger partial charge on any atom is 0.254 e. The van der Waals surface area contributed by atoms with Gasteiger partial charge in [-0.1, -0.05) is 0 Å². The number of hydrazine groups is 1. The first-order chi connectivity index (χ1) is 13.8. The third-order valence-corrected chi connectivity index (χ3v) is 6.72. The summed E-state index contributed by atoms with van der Waals surface area (Å²) in [6.45, 7) is -0.383. The summed E-state index contributed by atoms with van der Waals surface area (Å²) in [6, 6.07) is -0.320. The molecule has 0 aromatic heterocycles. The number of nitrogens with one attached hydrogen (secondary N) is 1. The van der Waals surface area contributed by atoms with Gasteiger partial charge in [-0.3, -0.25) is 14.7 Å². The Labute approximate surface area is 164 Å². The molecule has 3 aliphatic rings. The standard InChI is InChI=1S/C19H22F5N3O2/c1-26-12-4-3-8(29-2)5-9(12)10-6-25-27(19(28)18(10)26)7-11-13(20)15(22)17(24)16(23)14(11)21/h8-10,12,18,25H,3-7H2,1-2H3. The number of rotatable bonds is 3. The summed E-state index contributed by atoms with van der Waals surface area (Å²) in [5.74, 6) is -10.3. The monoisotopic (exact) mass is 419 g/mol. The Kier molecular flexibility index (Phi) is 5.28. The van der Waals surface area contributed by atoms with Crippen molar-refractivity contribution in [3.8, 4) is 0 Å². The Morgan fingerprint density at radius 3 is 2.24 bits per heavy atom. The largest absolute Gasteiger partial charge is 0.381 e. The lowest BCUT2D eigenvalue weighted by molar-refractivity contribution is -0.145. The van der Waals surface area contributed by atoms with Crippen molar-refractivity contribution in [3.63, 3.8) is 0 Å². The summed E-state index contributed by atoms with van der Waals surface area (Å²) in [7, 11) is 3.51. The van der Waals surface area contributed by atoms with Gasteiger partial charge in [0.2, 0.25) is 5.82 Å². The lowest BCUT2D eigenvalue weighted by Crippen LogP contribution is -2.59. The van der Waals surface area contributed by atoms with Gasteiger partial charge in [0.1, 0.15) is 0 Å². The number of methoxy groups -OCH3 is 1. The Balaban J connectivity index is 1.58. The van der Waals surface area contributed by atoms with Gasteiger partial charge in [-0.25, -0.2) is 27.4 Å². The molecule has 10 heteroatoms. The molecule has 1 aromatic carbocycles. The molecule has 5 unspecified atom stereocenters. The molecule has 2 heterocycles. The topological polar surface area (TPSA) is 44.8 Å². The molecular formula is C19H22F5N3O2. The minimum Gasteiger partial charge on any atom is -0.381 e. The van der Waals surface area contributed by atoms with Gasteiger partial charge in [-0.15, -0.1) is 0 Å². The van der Waals surface area contributed by atoms with E-state index in [0.29, 0.717) is 6.54 Å². The van der Waals surface area contributed by atoms with Crippen LogP contribution in [0.4, 0.5) is 22.0 Å². The zero-order valence-corrected chi connectivity index (χ0v) is 16.0. The van der Waals surface area contributed by atoms with Crippen LogP contribution in [0, 0.1) is 40.9 Å². The fourth-order valence-corrected chi connectivity index (χ4v) is 5.23. The van der Waals surface area contributed by atoms with Crippen molar-refractivity contribution in [2.75, 3.05) is 20.7 Å². The smallest absolute Gasteiger partial charge is 0.254 e. The third-order valence-electron chi connectivity index (χ3n) is 6.72. The van der Waals surface area contributed by atoms with E-state index in [1.165, 1.54) is 0 Å². The first kappa shape index (κ1) is 20.5. The zero-order valence-electron chi connectivity index (χ0n) is 16.0. The minimum absolute atomic E-state index is 0.0110. The molecule has 2 saturated heterocycles. The highest BCUT2D eigenvalue weighted by atomic mass is 19.2. The number of fused-ring (bicyclic) bond motifs is 3. The molecule has 1 amide bonds. The number of benzene rings is 1. The average molecular weight is 419 g/mol.